The Kier molecular flexibility index (Phi) is 3.83. The molecule has 0 radical (unpaired) electrons. The van der Waals surface area contributed by atoms with Crippen LogP contribution in [0.5, 0.6) is 0 Å². The Hall–Kier alpha value is -0.960. The van der Waals surface area contributed by atoms with E-state index in [1.54, 1.807) is 0 Å². The van der Waals surface area contributed by atoms with Crippen molar-refractivity contribution in [3.63, 3.8) is 0 Å². The van der Waals surface area contributed by atoms with Crippen LogP contribution in [0.4, 0.5) is 0 Å². The van der Waals surface area contributed by atoms with Crippen molar-refractivity contribution in [1.29, 1.82) is 0 Å². The first-order chi connectivity index (χ1) is 6.33. The van der Waals surface area contributed by atoms with Gasteiger partial charge in [0, 0.05) is 5.57 Å². The minimum absolute atomic E-state index is 0.696. The Morgan fingerprint density at radius 3 is 2.92 bits per heavy atom. The second-order valence-corrected chi connectivity index (χ2v) is 3.68. The van der Waals surface area contributed by atoms with Gasteiger partial charge in [0.2, 0.25) is 0 Å². The van der Waals surface area contributed by atoms with E-state index >= 15 is 0 Å². The molecule has 1 aliphatic carbocycles. The standard InChI is InChI=1S/C13H18/c1-4-7-9-11(6-3)13-10-12(13)8-5-2/h3-4,7,9,12-13H,5,8,10H2,1-2H3/b7-4-,11-9+. The van der Waals surface area contributed by atoms with E-state index in [1.807, 2.05) is 19.1 Å². The lowest BCUT2D eigenvalue weighted by Crippen LogP contribution is -1.85. The SMILES string of the molecule is C#C/C(=C\C=C/C)C1CC1CCC. The van der Waals surface area contributed by atoms with Gasteiger partial charge in [-0.3, -0.25) is 0 Å². The van der Waals surface area contributed by atoms with Crippen LogP contribution < -0.4 is 0 Å². The summed E-state index contributed by atoms with van der Waals surface area (Å²) in [6.07, 6.45) is 15.5. The summed E-state index contributed by atoms with van der Waals surface area (Å²) in [5, 5.41) is 0. The van der Waals surface area contributed by atoms with Gasteiger partial charge in [0.25, 0.3) is 0 Å². The molecule has 0 N–H and O–H groups in total. The minimum Gasteiger partial charge on any atom is -0.115 e. The van der Waals surface area contributed by atoms with Crippen LogP contribution in [0, 0.1) is 24.2 Å². The molecule has 0 bridgehead atoms. The lowest BCUT2D eigenvalue weighted by molar-refractivity contribution is 0.673. The summed E-state index contributed by atoms with van der Waals surface area (Å²) >= 11 is 0. The first-order valence-corrected chi connectivity index (χ1v) is 5.13. The zero-order chi connectivity index (χ0) is 9.68. The van der Waals surface area contributed by atoms with Gasteiger partial charge >= 0.3 is 0 Å². The molecule has 0 nitrogen and oxygen atoms in total. The lowest BCUT2D eigenvalue weighted by Gasteiger charge is -1.96. The lowest BCUT2D eigenvalue weighted by atomic mass is 10.1. The fourth-order valence-corrected chi connectivity index (χ4v) is 1.80. The van der Waals surface area contributed by atoms with Crippen molar-refractivity contribution in [2.75, 3.05) is 0 Å². The van der Waals surface area contributed by atoms with Gasteiger partial charge in [-0.25, -0.2) is 0 Å². The third-order valence-corrected chi connectivity index (χ3v) is 2.62. The highest BCUT2D eigenvalue weighted by atomic mass is 14.4. The number of hydrogen-bond acceptors (Lipinski definition) is 0. The molecule has 0 heterocycles. The third kappa shape index (κ3) is 2.77. The van der Waals surface area contributed by atoms with Crippen molar-refractivity contribution in [3.05, 3.63) is 23.8 Å². The Bertz CT molecular complexity index is 250. The molecule has 0 heteroatoms. The molecule has 1 fully saturated rings. The fraction of sp³-hybridized carbons (Fsp3) is 0.538. The summed E-state index contributed by atoms with van der Waals surface area (Å²) in [4.78, 5) is 0. The van der Waals surface area contributed by atoms with Crippen LogP contribution in [-0.2, 0) is 0 Å². The third-order valence-electron chi connectivity index (χ3n) is 2.62. The van der Waals surface area contributed by atoms with E-state index in [0.717, 1.165) is 5.92 Å². The zero-order valence-corrected chi connectivity index (χ0v) is 8.59. The average molecular weight is 174 g/mol. The molecule has 0 spiro atoms. The zero-order valence-electron chi connectivity index (χ0n) is 8.59. The maximum atomic E-state index is 5.46. The van der Waals surface area contributed by atoms with Crippen LogP contribution in [0.25, 0.3) is 0 Å². The van der Waals surface area contributed by atoms with Gasteiger partial charge in [-0.15, -0.1) is 6.42 Å². The number of hydrogen-bond donors (Lipinski definition) is 0. The number of allylic oxidation sites excluding steroid dienone is 4. The van der Waals surface area contributed by atoms with Gasteiger partial charge in [-0.1, -0.05) is 43.9 Å². The summed E-state index contributed by atoms with van der Waals surface area (Å²) in [6, 6.07) is 0. The molecule has 0 saturated heterocycles. The molecule has 2 unspecified atom stereocenters. The molecule has 13 heavy (non-hydrogen) atoms. The van der Waals surface area contributed by atoms with E-state index in [0.29, 0.717) is 5.92 Å². The maximum absolute atomic E-state index is 5.46. The van der Waals surface area contributed by atoms with Crippen molar-refractivity contribution in [2.24, 2.45) is 11.8 Å². The second-order valence-electron chi connectivity index (χ2n) is 3.68. The summed E-state index contributed by atoms with van der Waals surface area (Å²) < 4.78 is 0. The second kappa shape index (κ2) is 4.92. The average Bonchev–Trinajstić information content (AvgIpc) is 2.87. The van der Waals surface area contributed by atoms with E-state index in [4.69, 9.17) is 6.42 Å². The molecule has 0 amide bonds. The highest BCUT2D eigenvalue weighted by molar-refractivity contribution is 5.35. The van der Waals surface area contributed by atoms with Gasteiger partial charge in [-0.2, -0.15) is 0 Å². The summed E-state index contributed by atoms with van der Waals surface area (Å²) in [6.45, 7) is 4.25. The van der Waals surface area contributed by atoms with Gasteiger partial charge < -0.3 is 0 Å². The van der Waals surface area contributed by atoms with Crippen molar-refractivity contribution < 1.29 is 0 Å². The van der Waals surface area contributed by atoms with Gasteiger partial charge in [0.05, 0.1) is 0 Å². The van der Waals surface area contributed by atoms with E-state index in [2.05, 4.69) is 18.9 Å². The van der Waals surface area contributed by atoms with Crippen LogP contribution in [0.1, 0.15) is 33.1 Å². The van der Waals surface area contributed by atoms with E-state index in [-0.39, 0.29) is 0 Å². The van der Waals surface area contributed by atoms with Crippen LogP contribution in [0.2, 0.25) is 0 Å². The smallest absolute Gasteiger partial charge is 0.00513 e. The molecular weight excluding hydrogens is 156 g/mol. The summed E-state index contributed by atoms with van der Waals surface area (Å²) in [5.74, 6) is 4.37. The summed E-state index contributed by atoms with van der Waals surface area (Å²) in [7, 11) is 0. The summed E-state index contributed by atoms with van der Waals surface area (Å²) in [5.41, 5.74) is 1.19. The van der Waals surface area contributed by atoms with Crippen molar-refractivity contribution >= 4 is 0 Å². The first-order valence-electron chi connectivity index (χ1n) is 5.13. The predicted octanol–water partition coefficient (Wildman–Crippen LogP) is 3.56. The van der Waals surface area contributed by atoms with Gasteiger partial charge in [0.15, 0.2) is 0 Å². The molecule has 0 aromatic heterocycles. The highest BCUT2D eigenvalue weighted by Crippen LogP contribution is 2.46. The van der Waals surface area contributed by atoms with Crippen molar-refractivity contribution in [2.45, 2.75) is 33.1 Å². The monoisotopic (exact) mass is 174 g/mol. The van der Waals surface area contributed by atoms with Crippen LogP contribution in [0.15, 0.2) is 23.8 Å². The maximum Gasteiger partial charge on any atom is 0.00513 e. The quantitative estimate of drug-likeness (QED) is 0.451. The van der Waals surface area contributed by atoms with Crippen molar-refractivity contribution in [3.8, 4) is 12.3 Å². The number of rotatable bonds is 4. The molecule has 1 saturated carbocycles. The molecule has 70 valence electrons. The normalized spacial score (nSPS) is 27.6. The fourth-order valence-electron chi connectivity index (χ4n) is 1.80. The highest BCUT2D eigenvalue weighted by Gasteiger charge is 2.37. The van der Waals surface area contributed by atoms with Gasteiger partial charge in [-0.05, 0) is 25.2 Å². The van der Waals surface area contributed by atoms with Crippen LogP contribution >= 0.6 is 0 Å². The molecule has 2 atom stereocenters. The Morgan fingerprint density at radius 1 is 1.62 bits per heavy atom. The topological polar surface area (TPSA) is 0 Å². The molecule has 0 aliphatic heterocycles. The van der Waals surface area contributed by atoms with Crippen LogP contribution in [-0.4, -0.2) is 0 Å². The Morgan fingerprint density at radius 2 is 2.38 bits per heavy atom. The minimum atomic E-state index is 0.696. The van der Waals surface area contributed by atoms with E-state index in [9.17, 15) is 0 Å². The molecule has 0 aromatic rings. The predicted molar refractivity (Wildman–Crippen MR) is 58.2 cm³/mol. The molecule has 1 rings (SSSR count). The number of terminal acetylenes is 1. The molecule has 0 aromatic carbocycles. The van der Waals surface area contributed by atoms with Gasteiger partial charge in [0.1, 0.15) is 0 Å². The Labute approximate surface area is 81.7 Å². The van der Waals surface area contributed by atoms with E-state index < -0.39 is 0 Å². The largest absolute Gasteiger partial charge is 0.115 e. The van der Waals surface area contributed by atoms with Crippen molar-refractivity contribution in [1.82, 2.24) is 0 Å². The van der Waals surface area contributed by atoms with Crippen LogP contribution in [0.3, 0.4) is 0 Å². The molecule has 1 aliphatic rings. The molecular formula is C13H18. The van der Waals surface area contributed by atoms with E-state index in [1.165, 1.54) is 24.8 Å². The Balaban J connectivity index is 2.48. The first kappa shape index (κ1) is 10.1.